The van der Waals surface area contributed by atoms with Crippen molar-refractivity contribution in [1.29, 1.82) is 0 Å². The van der Waals surface area contributed by atoms with E-state index in [0.29, 0.717) is 19.3 Å². The number of carbonyl (C=O) groups excluding carboxylic acids is 2. The second-order valence-corrected chi connectivity index (χ2v) is 6.14. The summed E-state index contributed by atoms with van der Waals surface area (Å²) in [7, 11) is 0. The highest BCUT2D eigenvalue weighted by molar-refractivity contribution is 5.89. The highest BCUT2D eigenvalue weighted by atomic mass is 16.5. The summed E-state index contributed by atoms with van der Waals surface area (Å²) in [5, 5.41) is 14.5. The zero-order chi connectivity index (χ0) is 16.4. The van der Waals surface area contributed by atoms with Crippen LogP contribution in [-0.4, -0.2) is 29.1 Å². The van der Waals surface area contributed by atoms with E-state index in [-0.39, 0.29) is 23.9 Å². The monoisotopic (exact) mass is 316 g/mol. The Kier molecular flexibility index (Phi) is 4.36. The number of amides is 2. The third-order valence-electron chi connectivity index (χ3n) is 4.45. The van der Waals surface area contributed by atoms with Crippen LogP contribution < -0.4 is 5.32 Å². The molecule has 1 aliphatic heterocycles. The zero-order valence-corrected chi connectivity index (χ0v) is 13.3. The first-order chi connectivity index (χ1) is 11.0. The van der Waals surface area contributed by atoms with E-state index in [1.54, 1.807) is 6.08 Å². The van der Waals surface area contributed by atoms with Gasteiger partial charge in [0, 0.05) is 24.1 Å². The van der Waals surface area contributed by atoms with E-state index < -0.39 is 0 Å². The fraction of sp³-hybridized carbons (Fsp3) is 0.562. The number of nitrogens with zero attached hydrogens (tertiary/aromatic N) is 3. The van der Waals surface area contributed by atoms with Crippen molar-refractivity contribution in [2.75, 3.05) is 0 Å². The molecule has 1 N–H and O–H groups in total. The van der Waals surface area contributed by atoms with Crippen molar-refractivity contribution in [3.63, 3.8) is 0 Å². The molecule has 2 atom stereocenters. The maximum atomic E-state index is 12.2. The molecule has 0 aromatic carbocycles. The predicted molar refractivity (Wildman–Crippen MR) is 81.8 cm³/mol. The van der Waals surface area contributed by atoms with Crippen LogP contribution in [0.25, 0.3) is 0 Å². The van der Waals surface area contributed by atoms with Crippen molar-refractivity contribution in [3.05, 3.63) is 28.7 Å². The van der Waals surface area contributed by atoms with Gasteiger partial charge in [-0.3, -0.25) is 9.59 Å². The fourth-order valence-corrected chi connectivity index (χ4v) is 3.19. The average Bonchev–Trinajstić information content (AvgIpc) is 2.83. The number of azo groups is 1. The molecule has 2 aliphatic rings. The van der Waals surface area contributed by atoms with Crippen LogP contribution in [0, 0.1) is 13.8 Å². The van der Waals surface area contributed by atoms with Gasteiger partial charge in [0.15, 0.2) is 0 Å². The molecule has 0 radical (unpaired) electrons. The molecule has 1 saturated carbocycles. The Labute approximate surface area is 134 Å². The molecule has 122 valence electrons. The lowest BCUT2D eigenvalue weighted by Gasteiger charge is -2.30. The Hall–Kier alpha value is -2.31. The van der Waals surface area contributed by atoms with Crippen LogP contribution in [0.3, 0.4) is 0 Å². The molecular weight excluding hydrogens is 296 g/mol. The van der Waals surface area contributed by atoms with E-state index in [4.69, 9.17) is 4.52 Å². The van der Waals surface area contributed by atoms with Crippen molar-refractivity contribution in [1.82, 2.24) is 10.5 Å². The molecule has 1 aromatic heterocycles. The van der Waals surface area contributed by atoms with Gasteiger partial charge in [-0.15, -0.1) is 5.11 Å². The van der Waals surface area contributed by atoms with Gasteiger partial charge in [0.1, 0.15) is 5.76 Å². The quantitative estimate of drug-likeness (QED) is 0.920. The third-order valence-corrected chi connectivity index (χ3v) is 4.45. The topological polar surface area (TPSA) is 96.9 Å². The van der Waals surface area contributed by atoms with E-state index in [9.17, 15) is 9.59 Å². The Morgan fingerprint density at radius 3 is 2.96 bits per heavy atom. The Morgan fingerprint density at radius 1 is 1.39 bits per heavy atom. The lowest BCUT2D eigenvalue weighted by Crippen LogP contribution is -2.39. The van der Waals surface area contributed by atoms with Gasteiger partial charge in [-0.25, -0.2) is 0 Å². The van der Waals surface area contributed by atoms with E-state index in [0.717, 1.165) is 35.4 Å². The van der Waals surface area contributed by atoms with Crippen molar-refractivity contribution in [3.8, 4) is 0 Å². The molecule has 1 fully saturated rings. The van der Waals surface area contributed by atoms with Gasteiger partial charge in [-0.1, -0.05) is 5.16 Å². The van der Waals surface area contributed by atoms with Crippen LogP contribution in [0.4, 0.5) is 0 Å². The standard InChI is InChI=1S/C16H20N4O3/c1-9-13(10(2)23-20-9)4-6-15(21)17-12-3-5-14-11(7-12)8-16(22)19-18-14/h8,12,14H,3-7H2,1-2H3,(H,17,21). The smallest absolute Gasteiger partial charge is 0.287 e. The maximum absolute atomic E-state index is 12.2. The van der Waals surface area contributed by atoms with E-state index >= 15 is 0 Å². The van der Waals surface area contributed by atoms with E-state index in [1.165, 1.54) is 0 Å². The summed E-state index contributed by atoms with van der Waals surface area (Å²) in [6.45, 7) is 3.74. The summed E-state index contributed by atoms with van der Waals surface area (Å²) >= 11 is 0. The minimum atomic E-state index is -0.304. The first-order valence-corrected chi connectivity index (χ1v) is 7.89. The zero-order valence-electron chi connectivity index (χ0n) is 13.3. The van der Waals surface area contributed by atoms with E-state index in [1.807, 2.05) is 13.8 Å². The highest BCUT2D eigenvalue weighted by Crippen LogP contribution is 2.29. The molecule has 0 saturated heterocycles. The molecular formula is C16H20N4O3. The van der Waals surface area contributed by atoms with Crippen molar-refractivity contribution in [2.24, 2.45) is 10.2 Å². The van der Waals surface area contributed by atoms with Gasteiger partial charge >= 0.3 is 0 Å². The SMILES string of the molecule is Cc1noc(C)c1CCC(=O)NC1CCC2N=NC(=O)C=C2C1. The number of nitrogens with one attached hydrogen (secondary N) is 1. The maximum Gasteiger partial charge on any atom is 0.287 e. The Morgan fingerprint density at radius 2 is 2.22 bits per heavy atom. The molecule has 1 aliphatic carbocycles. The fourth-order valence-electron chi connectivity index (χ4n) is 3.19. The third kappa shape index (κ3) is 3.55. The summed E-state index contributed by atoms with van der Waals surface area (Å²) in [5.41, 5.74) is 2.82. The second-order valence-electron chi connectivity index (χ2n) is 6.14. The molecule has 23 heavy (non-hydrogen) atoms. The predicted octanol–water partition coefficient (Wildman–Crippen LogP) is 2.18. The van der Waals surface area contributed by atoms with Crippen molar-refractivity contribution >= 4 is 11.8 Å². The van der Waals surface area contributed by atoms with Gasteiger partial charge in [0.25, 0.3) is 5.91 Å². The van der Waals surface area contributed by atoms with E-state index in [2.05, 4.69) is 20.7 Å². The largest absolute Gasteiger partial charge is 0.361 e. The average molecular weight is 316 g/mol. The van der Waals surface area contributed by atoms with Gasteiger partial charge in [-0.2, -0.15) is 5.11 Å². The summed E-state index contributed by atoms with van der Waals surface area (Å²) in [4.78, 5) is 23.5. The van der Waals surface area contributed by atoms with Gasteiger partial charge in [-0.05, 0) is 45.1 Å². The van der Waals surface area contributed by atoms with Crippen LogP contribution >= 0.6 is 0 Å². The van der Waals surface area contributed by atoms with Crippen LogP contribution in [0.5, 0.6) is 0 Å². The highest BCUT2D eigenvalue weighted by Gasteiger charge is 2.29. The van der Waals surface area contributed by atoms with Crippen LogP contribution in [0.1, 0.15) is 42.7 Å². The van der Waals surface area contributed by atoms with Gasteiger partial charge in [0.2, 0.25) is 5.91 Å². The Bertz CT molecular complexity index is 670. The number of rotatable bonds is 4. The number of aryl methyl sites for hydroxylation is 2. The molecule has 0 bridgehead atoms. The lowest BCUT2D eigenvalue weighted by atomic mass is 9.86. The van der Waals surface area contributed by atoms with Crippen LogP contribution in [-0.2, 0) is 16.0 Å². The first kappa shape index (κ1) is 15.6. The minimum absolute atomic E-state index is 0.0119. The summed E-state index contributed by atoms with van der Waals surface area (Å²) in [5.74, 6) is 0.478. The lowest BCUT2D eigenvalue weighted by molar-refractivity contribution is -0.121. The molecule has 3 rings (SSSR count). The molecule has 1 aromatic rings. The molecule has 2 unspecified atom stereocenters. The Balaban J connectivity index is 1.52. The first-order valence-electron chi connectivity index (χ1n) is 7.89. The summed E-state index contributed by atoms with van der Waals surface area (Å²) in [6, 6.07) is 0.0823. The molecule has 2 heterocycles. The van der Waals surface area contributed by atoms with Crippen molar-refractivity contribution < 1.29 is 14.1 Å². The summed E-state index contributed by atoms with van der Waals surface area (Å²) < 4.78 is 5.11. The summed E-state index contributed by atoms with van der Waals surface area (Å²) in [6.07, 6.45) is 4.92. The number of fused-ring (bicyclic) bond motifs is 1. The number of hydrogen-bond donors (Lipinski definition) is 1. The van der Waals surface area contributed by atoms with Gasteiger partial charge in [0.05, 0.1) is 11.7 Å². The normalized spacial score (nSPS) is 23.4. The number of carbonyl (C=O) groups is 2. The van der Waals surface area contributed by atoms with Crippen LogP contribution in [0.15, 0.2) is 26.4 Å². The molecule has 7 nitrogen and oxygen atoms in total. The molecule has 7 heteroatoms. The van der Waals surface area contributed by atoms with Crippen LogP contribution in [0.2, 0.25) is 0 Å². The second kappa shape index (κ2) is 6.44. The number of aromatic nitrogens is 1. The molecule has 0 spiro atoms. The number of hydrogen-bond acceptors (Lipinski definition) is 5. The minimum Gasteiger partial charge on any atom is -0.361 e. The van der Waals surface area contributed by atoms with Gasteiger partial charge < -0.3 is 9.84 Å². The molecule has 2 amide bonds. The van der Waals surface area contributed by atoms with Crippen molar-refractivity contribution in [2.45, 2.75) is 58.0 Å².